The number of thioether (sulfide) groups is 1. The first-order valence-corrected chi connectivity index (χ1v) is 6.91. The molecule has 1 heterocycles. The Labute approximate surface area is 90.8 Å². The molecule has 1 nitrogen and oxygen atoms in total. The average Bonchev–Trinajstić information content (AvgIpc) is 2.78. The van der Waals surface area contributed by atoms with Gasteiger partial charge in [0.15, 0.2) is 0 Å². The van der Waals surface area contributed by atoms with Crippen molar-refractivity contribution in [3.63, 3.8) is 0 Å². The highest BCUT2D eigenvalue weighted by Crippen LogP contribution is 2.55. The summed E-state index contributed by atoms with van der Waals surface area (Å²) in [7, 11) is 0. The first kappa shape index (κ1) is 9.26. The lowest BCUT2D eigenvalue weighted by molar-refractivity contribution is 0.476. The number of rotatable bonds is 0. The summed E-state index contributed by atoms with van der Waals surface area (Å²) in [6.45, 7) is 0. The smallest absolute Gasteiger partial charge is 0.106 e. The lowest BCUT2D eigenvalue weighted by Gasteiger charge is -2.33. The van der Waals surface area contributed by atoms with Crippen molar-refractivity contribution in [2.24, 2.45) is 4.99 Å². The lowest BCUT2D eigenvalue weighted by Crippen LogP contribution is -2.29. The standard InChI is InChI=1S/C12H19NS/c1-2-6-11(7-3-1)10-13-12(14-11)8-4-5-9-12/h10H,1-9H2. The van der Waals surface area contributed by atoms with Crippen molar-refractivity contribution in [3.05, 3.63) is 0 Å². The Bertz CT molecular complexity index is 247. The minimum atomic E-state index is 0.345. The summed E-state index contributed by atoms with van der Waals surface area (Å²) in [6.07, 6.45) is 14.9. The van der Waals surface area contributed by atoms with E-state index in [0.717, 1.165) is 0 Å². The van der Waals surface area contributed by atoms with E-state index in [1.54, 1.807) is 0 Å². The van der Waals surface area contributed by atoms with Crippen LogP contribution in [0.4, 0.5) is 0 Å². The molecule has 0 radical (unpaired) electrons. The van der Waals surface area contributed by atoms with Gasteiger partial charge in [-0.1, -0.05) is 32.1 Å². The third-order valence-electron chi connectivity index (χ3n) is 4.01. The maximum absolute atomic E-state index is 4.88. The van der Waals surface area contributed by atoms with Gasteiger partial charge in [-0.3, -0.25) is 4.99 Å². The molecule has 14 heavy (non-hydrogen) atoms. The van der Waals surface area contributed by atoms with E-state index >= 15 is 0 Å². The van der Waals surface area contributed by atoms with Gasteiger partial charge in [0.25, 0.3) is 0 Å². The second-order valence-corrected chi connectivity index (χ2v) is 6.92. The Kier molecular flexibility index (Phi) is 2.16. The summed E-state index contributed by atoms with van der Waals surface area (Å²) in [5, 5.41) is 0. The zero-order valence-corrected chi connectivity index (χ0v) is 9.61. The van der Waals surface area contributed by atoms with E-state index < -0.39 is 0 Å². The van der Waals surface area contributed by atoms with Gasteiger partial charge in [0.1, 0.15) is 4.87 Å². The van der Waals surface area contributed by atoms with Gasteiger partial charge in [0.2, 0.25) is 0 Å². The Balaban J connectivity index is 1.77. The van der Waals surface area contributed by atoms with Crippen LogP contribution < -0.4 is 0 Å². The van der Waals surface area contributed by atoms with Gasteiger partial charge < -0.3 is 0 Å². The largest absolute Gasteiger partial charge is 0.279 e. The molecule has 0 aromatic heterocycles. The molecule has 78 valence electrons. The molecule has 3 aliphatic rings. The second-order valence-electron chi connectivity index (χ2n) is 5.14. The van der Waals surface area contributed by atoms with Gasteiger partial charge in [-0.05, 0) is 25.7 Å². The molecular weight excluding hydrogens is 190 g/mol. The van der Waals surface area contributed by atoms with E-state index in [-0.39, 0.29) is 0 Å². The molecule has 0 saturated heterocycles. The summed E-state index contributed by atoms with van der Waals surface area (Å²) >= 11 is 2.22. The highest BCUT2D eigenvalue weighted by molar-refractivity contribution is 8.03. The SMILES string of the molecule is C1=NC2(CCCC2)SC12CCCCC2. The molecule has 2 heteroatoms. The van der Waals surface area contributed by atoms with Crippen LogP contribution in [0.3, 0.4) is 0 Å². The van der Waals surface area contributed by atoms with Crippen molar-refractivity contribution in [2.45, 2.75) is 67.4 Å². The molecule has 3 rings (SSSR count). The quantitative estimate of drug-likeness (QED) is 0.591. The van der Waals surface area contributed by atoms with Crippen LogP contribution >= 0.6 is 11.8 Å². The fraction of sp³-hybridized carbons (Fsp3) is 0.917. The van der Waals surface area contributed by atoms with Gasteiger partial charge in [-0.15, -0.1) is 11.8 Å². The van der Waals surface area contributed by atoms with E-state index in [4.69, 9.17) is 4.99 Å². The van der Waals surface area contributed by atoms with E-state index in [9.17, 15) is 0 Å². The van der Waals surface area contributed by atoms with Crippen molar-refractivity contribution in [1.29, 1.82) is 0 Å². The summed E-state index contributed by atoms with van der Waals surface area (Å²) in [5.41, 5.74) is 0. The van der Waals surface area contributed by atoms with Gasteiger partial charge in [0, 0.05) is 6.21 Å². The van der Waals surface area contributed by atoms with Crippen LogP contribution in [0.2, 0.25) is 0 Å². The molecule has 0 aromatic rings. The van der Waals surface area contributed by atoms with Crippen LogP contribution in [0, 0.1) is 0 Å². The molecule has 2 aliphatic carbocycles. The Morgan fingerprint density at radius 2 is 1.50 bits per heavy atom. The second kappa shape index (κ2) is 3.26. The van der Waals surface area contributed by atoms with Crippen LogP contribution in [-0.4, -0.2) is 15.8 Å². The molecule has 2 spiro atoms. The predicted molar refractivity (Wildman–Crippen MR) is 63.1 cm³/mol. The van der Waals surface area contributed by atoms with Gasteiger partial charge in [0.05, 0.1) is 4.75 Å². The van der Waals surface area contributed by atoms with Crippen LogP contribution in [0.5, 0.6) is 0 Å². The van der Waals surface area contributed by atoms with E-state index in [0.29, 0.717) is 9.62 Å². The van der Waals surface area contributed by atoms with Crippen LogP contribution in [-0.2, 0) is 0 Å². The number of hydrogen-bond acceptors (Lipinski definition) is 2. The number of nitrogens with zero attached hydrogens (tertiary/aromatic N) is 1. The van der Waals surface area contributed by atoms with Gasteiger partial charge in [-0.25, -0.2) is 0 Å². The Morgan fingerprint density at radius 1 is 0.857 bits per heavy atom. The molecule has 0 N–H and O–H groups in total. The molecule has 0 aromatic carbocycles. The number of aliphatic imine (C=N–C) groups is 1. The Hall–Kier alpha value is 0.0200. The number of hydrogen-bond donors (Lipinski definition) is 0. The van der Waals surface area contributed by atoms with Crippen molar-refractivity contribution in [1.82, 2.24) is 0 Å². The maximum Gasteiger partial charge on any atom is 0.106 e. The summed E-state index contributed by atoms with van der Waals surface area (Å²) in [4.78, 5) is 5.23. The Morgan fingerprint density at radius 3 is 2.21 bits per heavy atom. The fourth-order valence-electron chi connectivity index (χ4n) is 3.21. The maximum atomic E-state index is 4.88. The van der Waals surface area contributed by atoms with Crippen molar-refractivity contribution < 1.29 is 0 Å². The van der Waals surface area contributed by atoms with Crippen LogP contribution in [0.25, 0.3) is 0 Å². The zero-order chi connectivity index (χ0) is 9.49. The molecule has 0 bridgehead atoms. The monoisotopic (exact) mass is 209 g/mol. The first-order valence-electron chi connectivity index (χ1n) is 6.09. The summed E-state index contributed by atoms with van der Waals surface area (Å²) in [5.74, 6) is 0. The first-order chi connectivity index (χ1) is 6.83. The van der Waals surface area contributed by atoms with Crippen LogP contribution in [0.15, 0.2) is 4.99 Å². The molecule has 0 atom stereocenters. The van der Waals surface area contributed by atoms with E-state index in [2.05, 4.69) is 18.0 Å². The lowest BCUT2D eigenvalue weighted by atomic mass is 9.89. The molecule has 2 saturated carbocycles. The summed E-state index contributed by atoms with van der Waals surface area (Å²) in [6, 6.07) is 0. The molecule has 2 fully saturated rings. The minimum absolute atomic E-state index is 0.345. The minimum Gasteiger partial charge on any atom is -0.279 e. The predicted octanol–water partition coefficient (Wildman–Crippen LogP) is 3.78. The highest BCUT2D eigenvalue weighted by Gasteiger charge is 2.47. The fourth-order valence-corrected chi connectivity index (χ4v) is 5.16. The van der Waals surface area contributed by atoms with E-state index in [1.165, 1.54) is 57.8 Å². The third-order valence-corrected chi connectivity index (χ3v) is 5.83. The van der Waals surface area contributed by atoms with Crippen LogP contribution in [0.1, 0.15) is 57.8 Å². The van der Waals surface area contributed by atoms with E-state index in [1.807, 2.05) is 0 Å². The molecular formula is C12H19NS. The van der Waals surface area contributed by atoms with Gasteiger partial charge in [-0.2, -0.15) is 0 Å². The molecule has 1 aliphatic heterocycles. The van der Waals surface area contributed by atoms with Crippen molar-refractivity contribution in [2.75, 3.05) is 0 Å². The normalized spacial score (nSPS) is 33.1. The zero-order valence-electron chi connectivity index (χ0n) is 8.80. The van der Waals surface area contributed by atoms with Gasteiger partial charge >= 0.3 is 0 Å². The molecule has 0 unspecified atom stereocenters. The summed E-state index contributed by atoms with van der Waals surface area (Å²) < 4.78 is 0.475. The van der Waals surface area contributed by atoms with Crippen molar-refractivity contribution >= 4 is 18.0 Å². The highest BCUT2D eigenvalue weighted by atomic mass is 32.2. The van der Waals surface area contributed by atoms with Crippen molar-refractivity contribution in [3.8, 4) is 0 Å². The topological polar surface area (TPSA) is 12.4 Å². The average molecular weight is 209 g/mol. The molecule has 0 amide bonds. The third kappa shape index (κ3) is 1.42.